The van der Waals surface area contributed by atoms with Gasteiger partial charge in [0.2, 0.25) is 9.84 Å². The van der Waals surface area contributed by atoms with Gasteiger partial charge in [-0.15, -0.1) is 4.72 Å². The van der Waals surface area contributed by atoms with Crippen LogP contribution in [0.3, 0.4) is 0 Å². The summed E-state index contributed by atoms with van der Waals surface area (Å²) in [6.07, 6.45) is 1.33. The minimum Gasteiger partial charge on any atom is -0.598 e. The van der Waals surface area contributed by atoms with Crippen molar-refractivity contribution in [3.05, 3.63) is 95.3 Å². The van der Waals surface area contributed by atoms with Crippen molar-refractivity contribution in [2.75, 3.05) is 0 Å². The van der Waals surface area contributed by atoms with Gasteiger partial charge in [0.1, 0.15) is 10.8 Å². The van der Waals surface area contributed by atoms with Crippen LogP contribution < -0.4 is 4.72 Å². The van der Waals surface area contributed by atoms with Gasteiger partial charge in [0.15, 0.2) is 20.0 Å². The number of pyridine rings is 1. The minimum atomic E-state index is -4.95. The van der Waals surface area contributed by atoms with Crippen LogP contribution in [0.25, 0.3) is 0 Å². The van der Waals surface area contributed by atoms with Gasteiger partial charge in [-0.05, 0) is 80.4 Å². The van der Waals surface area contributed by atoms with Crippen molar-refractivity contribution in [1.29, 1.82) is 0 Å². The molecule has 3 atom stereocenters. The SMILES string of the molecule is CC(C)(C)[S+]([O-])NC(c1ccc(F)c(F)c1)C(F)(c1ccc(CO[Si](C)(C)C(C)(C)C)cn1)S(=O)(=O)c1ccccc1. The van der Waals surface area contributed by atoms with E-state index in [-0.39, 0.29) is 22.1 Å². The Bertz CT molecular complexity index is 1480. The van der Waals surface area contributed by atoms with Crippen molar-refractivity contribution in [2.24, 2.45) is 0 Å². The van der Waals surface area contributed by atoms with Crippen molar-refractivity contribution in [1.82, 2.24) is 9.71 Å². The van der Waals surface area contributed by atoms with Gasteiger partial charge in [0.25, 0.3) is 5.00 Å². The maximum absolute atomic E-state index is 17.9. The van der Waals surface area contributed by atoms with E-state index in [2.05, 4.69) is 43.6 Å². The molecule has 1 aromatic heterocycles. The van der Waals surface area contributed by atoms with Gasteiger partial charge in [-0.2, -0.15) is 0 Å². The third-order valence-electron chi connectivity index (χ3n) is 7.45. The van der Waals surface area contributed by atoms with E-state index in [4.69, 9.17) is 4.43 Å². The van der Waals surface area contributed by atoms with Crippen LogP contribution in [0.4, 0.5) is 13.2 Å². The van der Waals surface area contributed by atoms with Crippen molar-refractivity contribution >= 4 is 29.5 Å². The van der Waals surface area contributed by atoms with Crippen LogP contribution in [-0.2, 0) is 37.2 Å². The van der Waals surface area contributed by atoms with Crippen molar-refractivity contribution in [3.8, 4) is 0 Å². The Morgan fingerprint density at radius 2 is 1.60 bits per heavy atom. The zero-order valence-corrected chi connectivity index (χ0v) is 27.8. The molecule has 0 saturated carbocycles. The Morgan fingerprint density at radius 1 is 0.976 bits per heavy atom. The lowest BCUT2D eigenvalue weighted by molar-refractivity contribution is 0.205. The highest BCUT2D eigenvalue weighted by atomic mass is 32.2. The number of sulfone groups is 1. The molecule has 0 aliphatic rings. The number of hydrogen-bond acceptors (Lipinski definition) is 6. The molecule has 1 heterocycles. The van der Waals surface area contributed by atoms with Crippen LogP contribution in [0.2, 0.25) is 18.1 Å². The average Bonchev–Trinajstić information content (AvgIpc) is 2.91. The molecule has 0 amide bonds. The van der Waals surface area contributed by atoms with E-state index in [0.29, 0.717) is 11.6 Å². The predicted octanol–water partition coefficient (Wildman–Crippen LogP) is 7.27. The van der Waals surface area contributed by atoms with Gasteiger partial charge in [-0.1, -0.05) is 51.1 Å². The molecule has 0 aliphatic carbocycles. The molecular formula is C30H39F3N2O4S2Si. The number of nitrogens with zero attached hydrogens (tertiary/aromatic N) is 1. The maximum Gasteiger partial charge on any atom is 0.279 e. The molecule has 0 bridgehead atoms. The second-order valence-electron chi connectivity index (χ2n) is 12.7. The number of rotatable bonds is 10. The van der Waals surface area contributed by atoms with Gasteiger partial charge in [0.05, 0.1) is 17.2 Å². The first kappa shape index (κ1) is 34.3. The molecule has 1 N–H and O–H groups in total. The first-order valence-electron chi connectivity index (χ1n) is 13.4. The molecule has 12 heteroatoms. The number of nitrogens with one attached hydrogen (secondary N) is 1. The molecule has 0 spiro atoms. The summed E-state index contributed by atoms with van der Waals surface area (Å²) in [4.78, 5) is 3.87. The zero-order valence-electron chi connectivity index (χ0n) is 25.2. The van der Waals surface area contributed by atoms with E-state index in [1.807, 2.05) is 0 Å². The number of halogens is 3. The van der Waals surface area contributed by atoms with Gasteiger partial charge in [0, 0.05) is 17.6 Å². The fourth-order valence-electron chi connectivity index (χ4n) is 3.74. The standard InChI is InChI=1S/C30H39F3N2O4S2Si/c1-28(2,3)40(36)35-27(22-15-16-24(31)25(32)18-22)30(33,41(37,38)23-12-10-9-11-13-23)26-17-14-21(19-34-26)20-39-42(7,8)29(4,5)6/h9-19,27,35H,20H2,1-8H3. The normalized spacial score (nSPS) is 16.1. The molecule has 0 radical (unpaired) electrons. The summed E-state index contributed by atoms with van der Waals surface area (Å²) in [5.74, 6) is -2.51. The average molecular weight is 641 g/mol. The lowest BCUT2D eigenvalue weighted by Crippen LogP contribution is -2.50. The molecule has 0 saturated heterocycles. The lowest BCUT2D eigenvalue weighted by Gasteiger charge is -2.36. The van der Waals surface area contributed by atoms with Crippen molar-refractivity contribution in [3.63, 3.8) is 0 Å². The van der Waals surface area contributed by atoms with Crippen molar-refractivity contribution < 1.29 is 30.6 Å². The molecule has 0 aliphatic heterocycles. The van der Waals surface area contributed by atoms with Gasteiger partial charge in [-0.3, -0.25) is 4.98 Å². The molecule has 3 aromatic rings. The zero-order chi connectivity index (χ0) is 31.7. The quantitative estimate of drug-likeness (QED) is 0.185. The number of hydrogen-bond donors (Lipinski definition) is 1. The monoisotopic (exact) mass is 640 g/mol. The topological polar surface area (TPSA) is 91.3 Å². The summed E-state index contributed by atoms with van der Waals surface area (Å²) >= 11 is -2.03. The van der Waals surface area contributed by atoms with Gasteiger partial charge in [-0.25, -0.2) is 21.6 Å². The molecule has 3 rings (SSSR count). The molecule has 2 aromatic carbocycles. The Labute approximate surface area is 251 Å². The van der Waals surface area contributed by atoms with Gasteiger partial charge >= 0.3 is 0 Å². The summed E-state index contributed by atoms with van der Waals surface area (Å²) in [5.41, 5.74) is -0.185. The predicted molar refractivity (Wildman–Crippen MR) is 163 cm³/mol. The summed E-state index contributed by atoms with van der Waals surface area (Å²) in [6.45, 7) is 15.5. The molecule has 42 heavy (non-hydrogen) atoms. The fourth-order valence-corrected chi connectivity index (χ4v) is 7.40. The molecule has 0 fully saturated rings. The Balaban J connectivity index is 2.22. The molecular weight excluding hydrogens is 602 g/mol. The number of alkyl halides is 1. The van der Waals surface area contributed by atoms with E-state index in [9.17, 15) is 21.8 Å². The van der Waals surface area contributed by atoms with Crippen LogP contribution in [-0.4, -0.2) is 31.0 Å². The largest absolute Gasteiger partial charge is 0.598 e. The highest BCUT2D eigenvalue weighted by molar-refractivity contribution is 7.92. The van der Waals surface area contributed by atoms with E-state index in [0.717, 1.165) is 12.1 Å². The maximum atomic E-state index is 17.9. The van der Waals surface area contributed by atoms with Gasteiger partial charge < -0.3 is 8.98 Å². The Hall–Kier alpha value is -2.22. The smallest absolute Gasteiger partial charge is 0.279 e. The minimum absolute atomic E-state index is 0.0513. The Morgan fingerprint density at radius 3 is 2.10 bits per heavy atom. The summed E-state index contributed by atoms with van der Waals surface area (Å²) in [5, 5.41) is -3.46. The number of aromatic nitrogens is 1. The van der Waals surface area contributed by atoms with Crippen LogP contribution in [0, 0.1) is 11.6 Å². The second-order valence-corrected chi connectivity index (χ2v) is 21.5. The lowest BCUT2D eigenvalue weighted by atomic mass is 9.99. The third-order valence-corrected chi connectivity index (χ3v) is 15.6. The second kappa shape index (κ2) is 12.4. The van der Waals surface area contributed by atoms with Crippen molar-refractivity contribution in [2.45, 2.75) is 87.0 Å². The third kappa shape index (κ3) is 7.11. The van der Waals surface area contributed by atoms with E-state index >= 15 is 4.39 Å². The van der Waals surface area contributed by atoms with Crippen LogP contribution in [0.5, 0.6) is 0 Å². The van der Waals surface area contributed by atoms with E-state index in [1.54, 1.807) is 26.8 Å². The summed E-state index contributed by atoms with van der Waals surface area (Å²) in [7, 11) is -7.08. The van der Waals surface area contributed by atoms with E-state index in [1.165, 1.54) is 42.6 Å². The molecule has 3 unspecified atom stereocenters. The molecule has 6 nitrogen and oxygen atoms in total. The number of benzene rings is 2. The van der Waals surface area contributed by atoms with Crippen LogP contribution in [0.15, 0.2) is 71.8 Å². The highest BCUT2D eigenvalue weighted by Crippen LogP contribution is 2.47. The first-order valence-corrected chi connectivity index (χ1v) is 19.0. The van der Waals surface area contributed by atoms with Crippen LogP contribution in [0.1, 0.15) is 64.4 Å². The highest BCUT2D eigenvalue weighted by Gasteiger charge is 2.57. The van der Waals surface area contributed by atoms with E-state index < -0.39 is 62.6 Å². The fraction of sp³-hybridized carbons (Fsp3) is 0.433. The summed E-state index contributed by atoms with van der Waals surface area (Å²) < 4.78 is 95.7. The van der Waals surface area contributed by atoms with Crippen LogP contribution >= 0.6 is 0 Å². The summed E-state index contributed by atoms with van der Waals surface area (Å²) in [6, 6.07) is 10.3. The first-order chi connectivity index (χ1) is 19.2. The Kier molecular flexibility index (Phi) is 10.1. The molecule has 230 valence electrons.